The molecule has 1 aliphatic heterocycles. The predicted molar refractivity (Wildman–Crippen MR) is 82.1 cm³/mol. The topological polar surface area (TPSA) is 52.6 Å². The van der Waals surface area contributed by atoms with Gasteiger partial charge in [-0.2, -0.15) is 0 Å². The Morgan fingerprint density at radius 2 is 2.40 bits per heavy atom. The van der Waals surface area contributed by atoms with Gasteiger partial charge >= 0.3 is 6.03 Å². The van der Waals surface area contributed by atoms with E-state index in [4.69, 9.17) is 5.11 Å². The Morgan fingerprint density at radius 3 is 3.15 bits per heavy atom. The molecule has 2 heterocycles. The molecular formula is C15H24N2O2S. The van der Waals surface area contributed by atoms with Gasteiger partial charge in [0.25, 0.3) is 0 Å². The fraction of sp³-hybridized carbons (Fsp3) is 0.667. The van der Waals surface area contributed by atoms with Crippen LogP contribution in [0.15, 0.2) is 17.5 Å². The van der Waals surface area contributed by atoms with E-state index in [1.165, 1.54) is 4.88 Å². The third-order valence-corrected chi connectivity index (χ3v) is 4.74. The number of hydrogen-bond donors (Lipinski definition) is 2. The van der Waals surface area contributed by atoms with E-state index in [0.717, 1.165) is 45.2 Å². The molecule has 0 aromatic carbocycles. The van der Waals surface area contributed by atoms with E-state index < -0.39 is 0 Å². The minimum atomic E-state index is 0.0364. The lowest BCUT2D eigenvalue weighted by atomic mass is 10.0. The molecule has 0 radical (unpaired) electrons. The van der Waals surface area contributed by atoms with E-state index >= 15 is 0 Å². The number of nitrogens with zero attached hydrogens (tertiary/aromatic N) is 1. The van der Waals surface area contributed by atoms with Crippen LogP contribution in [0.3, 0.4) is 0 Å². The third kappa shape index (κ3) is 4.49. The van der Waals surface area contributed by atoms with Crippen molar-refractivity contribution in [2.75, 3.05) is 19.7 Å². The van der Waals surface area contributed by atoms with Crippen molar-refractivity contribution in [3.8, 4) is 0 Å². The van der Waals surface area contributed by atoms with Crippen LogP contribution in [0.4, 0.5) is 4.79 Å². The zero-order valence-corrected chi connectivity index (χ0v) is 12.7. The lowest BCUT2D eigenvalue weighted by molar-refractivity contribution is 0.132. The molecule has 0 aliphatic carbocycles. The smallest absolute Gasteiger partial charge is 0.317 e. The molecule has 2 N–H and O–H groups in total. The van der Waals surface area contributed by atoms with Crippen molar-refractivity contribution in [3.63, 3.8) is 0 Å². The van der Waals surface area contributed by atoms with Gasteiger partial charge in [0.1, 0.15) is 0 Å². The zero-order valence-electron chi connectivity index (χ0n) is 11.9. The first-order valence-electron chi connectivity index (χ1n) is 7.49. The van der Waals surface area contributed by atoms with Gasteiger partial charge in [0.05, 0.1) is 0 Å². The number of aliphatic hydroxyl groups is 1. The Kier molecular flexibility index (Phi) is 6.33. The molecule has 2 rings (SSSR count). The second-order valence-electron chi connectivity index (χ2n) is 5.27. The standard InChI is InChI=1S/C15H24N2O2S/c18-11-8-13-5-1-2-10-17(13)15(19)16-9-3-6-14-7-4-12-20-14/h4,7,12-13,18H,1-3,5-6,8-11H2,(H,16,19). The Hall–Kier alpha value is -1.07. The molecule has 112 valence electrons. The molecule has 0 spiro atoms. The quantitative estimate of drug-likeness (QED) is 0.793. The summed E-state index contributed by atoms with van der Waals surface area (Å²) in [6, 6.07) is 4.44. The van der Waals surface area contributed by atoms with Gasteiger partial charge in [-0.15, -0.1) is 11.3 Å². The van der Waals surface area contributed by atoms with Crippen LogP contribution in [0.25, 0.3) is 0 Å². The lowest BCUT2D eigenvalue weighted by Crippen LogP contribution is -2.49. The van der Waals surface area contributed by atoms with E-state index in [9.17, 15) is 4.79 Å². The summed E-state index contributed by atoms with van der Waals surface area (Å²) >= 11 is 1.77. The second-order valence-corrected chi connectivity index (χ2v) is 6.30. The number of urea groups is 1. The van der Waals surface area contributed by atoms with Crippen LogP contribution in [0.2, 0.25) is 0 Å². The molecule has 0 saturated carbocycles. The van der Waals surface area contributed by atoms with Gasteiger partial charge in [0.15, 0.2) is 0 Å². The number of piperidine rings is 1. The lowest BCUT2D eigenvalue weighted by Gasteiger charge is -2.35. The van der Waals surface area contributed by atoms with Crippen LogP contribution in [-0.4, -0.2) is 41.8 Å². The maximum absolute atomic E-state index is 12.2. The van der Waals surface area contributed by atoms with E-state index in [0.29, 0.717) is 6.42 Å². The van der Waals surface area contributed by atoms with Crippen LogP contribution >= 0.6 is 11.3 Å². The van der Waals surface area contributed by atoms with Crippen molar-refractivity contribution in [2.45, 2.75) is 44.6 Å². The maximum atomic E-state index is 12.2. The van der Waals surface area contributed by atoms with Gasteiger partial charge < -0.3 is 15.3 Å². The first-order valence-corrected chi connectivity index (χ1v) is 8.37. The number of carbonyl (C=O) groups is 1. The molecule has 5 heteroatoms. The molecule has 1 aromatic heterocycles. The number of aliphatic hydroxyl groups excluding tert-OH is 1. The Bertz CT molecular complexity index is 393. The number of thiophene rings is 1. The summed E-state index contributed by atoms with van der Waals surface area (Å²) in [4.78, 5) is 15.5. The number of aryl methyl sites for hydroxylation is 1. The third-order valence-electron chi connectivity index (χ3n) is 3.81. The number of likely N-dealkylation sites (tertiary alicyclic amines) is 1. The minimum Gasteiger partial charge on any atom is -0.396 e. The highest BCUT2D eigenvalue weighted by molar-refractivity contribution is 7.09. The van der Waals surface area contributed by atoms with Gasteiger partial charge in [-0.25, -0.2) is 4.79 Å². The Balaban J connectivity index is 1.69. The van der Waals surface area contributed by atoms with Crippen molar-refractivity contribution in [1.82, 2.24) is 10.2 Å². The maximum Gasteiger partial charge on any atom is 0.317 e. The molecule has 20 heavy (non-hydrogen) atoms. The second kappa shape index (κ2) is 8.27. The van der Waals surface area contributed by atoms with Crippen LogP contribution in [0.5, 0.6) is 0 Å². The number of carbonyl (C=O) groups excluding carboxylic acids is 1. The monoisotopic (exact) mass is 296 g/mol. The Morgan fingerprint density at radius 1 is 1.50 bits per heavy atom. The highest BCUT2D eigenvalue weighted by Gasteiger charge is 2.25. The normalized spacial score (nSPS) is 19.1. The van der Waals surface area contributed by atoms with Crippen LogP contribution in [0, 0.1) is 0 Å². The SMILES string of the molecule is O=C(NCCCc1cccs1)N1CCCCC1CCO. The highest BCUT2D eigenvalue weighted by atomic mass is 32.1. The molecule has 0 bridgehead atoms. The molecule has 1 saturated heterocycles. The van der Waals surface area contributed by atoms with Crippen molar-refractivity contribution in [1.29, 1.82) is 0 Å². The largest absolute Gasteiger partial charge is 0.396 e. The molecule has 2 amide bonds. The van der Waals surface area contributed by atoms with E-state index in [1.54, 1.807) is 11.3 Å². The van der Waals surface area contributed by atoms with Gasteiger partial charge in [-0.05, 0) is 50.0 Å². The van der Waals surface area contributed by atoms with Gasteiger partial charge in [0, 0.05) is 30.6 Å². The number of hydrogen-bond acceptors (Lipinski definition) is 3. The summed E-state index contributed by atoms with van der Waals surface area (Å²) in [5, 5.41) is 14.2. The molecule has 1 aliphatic rings. The Labute approximate surface area is 124 Å². The number of nitrogens with one attached hydrogen (secondary N) is 1. The average molecular weight is 296 g/mol. The summed E-state index contributed by atoms with van der Waals surface area (Å²) < 4.78 is 0. The summed E-state index contributed by atoms with van der Waals surface area (Å²) in [5.41, 5.74) is 0. The average Bonchev–Trinajstić information content (AvgIpc) is 2.97. The summed E-state index contributed by atoms with van der Waals surface area (Å²) in [7, 11) is 0. The summed E-state index contributed by atoms with van der Waals surface area (Å²) in [6.07, 6.45) is 5.95. The molecular weight excluding hydrogens is 272 g/mol. The zero-order chi connectivity index (χ0) is 14.2. The summed E-state index contributed by atoms with van der Waals surface area (Å²) in [6.45, 7) is 1.70. The molecule has 1 unspecified atom stereocenters. The fourth-order valence-electron chi connectivity index (χ4n) is 2.73. The van der Waals surface area contributed by atoms with Crippen LogP contribution < -0.4 is 5.32 Å². The number of amides is 2. The first-order chi connectivity index (χ1) is 9.81. The molecule has 1 fully saturated rings. The van der Waals surface area contributed by atoms with E-state index in [-0.39, 0.29) is 18.7 Å². The highest BCUT2D eigenvalue weighted by Crippen LogP contribution is 2.19. The van der Waals surface area contributed by atoms with Crippen molar-refractivity contribution >= 4 is 17.4 Å². The van der Waals surface area contributed by atoms with E-state index in [1.807, 2.05) is 4.90 Å². The van der Waals surface area contributed by atoms with Crippen LogP contribution in [0.1, 0.15) is 37.0 Å². The van der Waals surface area contributed by atoms with Gasteiger partial charge in [0.2, 0.25) is 0 Å². The fourth-order valence-corrected chi connectivity index (χ4v) is 3.48. The molecule has 1 aromatic rings. The van der Waals surface area contributed by atoms with Crippen molar-refractivity contribution in [2.24, 2.45) is 0 Å². The number of rotatable bonds is 6. The van der Waals surface area contributed by atoms with Crippen molar-refractivity contribution < 1.29 is 9.90 Å². The first kappa shape index (κ1) is 15.3. The minimum absolute atomic E-state index is 0.0364. The summed E-state index contributed by atoms with van der Waals surface area (Å²) in [5.74, 6) is 0. The van der Waals surface area contributed by atoms with Gasteiger partial charge in [-0.1, -0.05) is 6.07 Å². The van der Waals surface area contributed by atoms with Crippen LogP contribution in [-0.2, 0) is 6.42 Å². The van der Waals surface area contributed by atoms with Crippen molar-refractivity contribution in [3.05, 3.63) is 22.4 Å². The van der Waals surface area contributed by atoms with Gasteiger partial charge in [-0.3, -0.25) is 0 Å². The predicted octanol–water partition coefficient (Wildman–Crippen LogP) is 2.63. The molecule has 4 nitrogen and oxygen atoms in total. The molecule has 1 atom stereocenters. The van der Waals surface area contributed by atoms with E-state index in [2.05, 4.69) is 22.8 Å².